The summed E-state index contributed by atoms with van der Waals surface area (Å²) in [5.41, 5.74) is 6.04. The second kappa shape index (κ2) is 8.46. The van der Waals surface area contributed by atoms with Gasteiger partial charge in [0.05, 0.1) is 18.1 Å². The van der Waals surface area contributed by atoms with Gasteiger partial charge >= 0.3 is 6.36 Å². The molecule has 1 aromatic carbocycles. The van der Waals surface area contributed by atoms with Crippen molar-refractivity contribution < 1.29 is 31.1 Å². The molecule has 4 N–H and O–H groups in total. The molecular weight excluding hydrogens is 389 g/mol. The van der Waals surface area contributed by atoms with Crippen LogP contribution in [-0.4, -0.2) is 50.7 Å². The normalized spacial score (nSPS) is 19.5. The third-order valence-electron chi connectivity index (χ3n) is 3.58. The summed E-state index contributed by atoms with van der Waals surface area (Å²) in [6.45, 7) is 0.0689. The number of sulfone groups is 1. The van der Waals surface area contributed by atoms with Crippen LogP contribution in [0.4, 0.5) is 18.9 Å². The molecule has 1 fully saturated rings. The average Bonchev–Trinajstić information content (AvgIpc) is 2.86. The molecule has 1 amide bonds. The first-order chi connectivity index (χ1) is 12.5. The molecule has 1 heterocycles. The van der Waals surface area contributed by atoms with Crippen LogP contribution in [-0.2, 0) is 14.6 Å². The number of rotatable bonds is 6. The molecular formula is C15H19F3N4O4S. The summed E-state index contributed by atoms with van der Waals surface area (Å²) in [5, 5.41) is 5.30. The minimum Gasteiger partial charge on any atom is -0.406 e. The number of hydrogen-bond acceptors (Lipinski definition) is 5. The van der Waals surface area contributed by atoms with E-state index >= 15 is 0 Å². The first kappa shape index (κ1) is 20.8. The Morgan fingerprint density at radius 2 is 1.96 bits per heavy atom. The van der Waals surface area contributed by atoms with Gasteiger partial charge in [0.25, 0.3) is 0 Å². The number of aliphatic imine (C=N–C) groups is 1. The molecule has 1 aromatic rings. The van der Waals surface area contributed by atoms with Crippen molar-refractivity contribution in [3.8, 4) is 5.75 Å². The molecule has 0 bridgehead atoms. The SMILES string of the molecule is NC(=NCCC(=O)NC1CCS(=O)(=O)C1)Nc1ccc(OC(F)(F)F)cc1. The number of nitrogens with two attached hydrogens (primary N) is 1. The van der Waals surface area contributed by atoms with Crippen LogP contribution in [0.25, 0.3) is 0 Å². The van der Waals surface area contributed by atoms with Crippen molar-refractivity contribution in [2.24, 2.45) is 10.7 Å². The summed E-state index contributed by atoms with van der Waals surface area (Å²) < 4.78 is 62.7. The quantitative estimate of drug-likeness (QED) is 0.477. The molecule has 8 nitrogen and oxygen atoms in total. The Morgan fingerprint density at radius 3 is 2.52 bits per heavy atom. The van der Waals surface area contributed by atoms with Crippen molar-refractivity contribution in [1.29, 1.82) is 0 Å². The van der Waals surface area contributed by atoms with Gasteiger partial charge in [-0.05, 0) is 30.7 Å². The predicted octanol–water partition coefficient (Wildman–Crippen LogP) is 1.01. The van der Waals surface area contributed by atoms with Gasteiger partial charge < -0.3 is 21.1 Å². The summed E-state index contributed by atoms with van der Waals surface area (Å²) >= 11 is 0. The first-order valence-electron chi connectivity index (χ1n) is 7.95. The van der Waals surface area contributed by atoms with Crippen molar-refractivity contribution in [2.45, 2.75) is 25.2 Å². The molecule has 150 valence electrons. The number of hydrogen-bond donors (Lipinski definition) is 3. The van der Waals surface area contributed by atoms with E-state index in [9.17, 15) is 26.4 Å². The average molecular weight is 408 g/mol. The van der Waals surface area contributed by atoms with Crippen LogP contribution < -0.4 is 21.1 Å². The number of guanidine groups is 1. The summed E-state index contributed by atoms with van der Waals surface area (Å²) in [5.74, 6) is -0.702. The van der Waals surface area contributed by atoms with Crippen LogP contribution in [0.5, 0.6) is 5.75 Å². The zero-order chi connectivity index (χ0) is 20.1. The minimum atomic E-state index is -4.77. The lowest BCUT2D eigenvalue weighted by atomic mass is 10.2. The van der Waals surface area contributed by atoms with Gasteiger partial charge in [-0.1, -0.05) is 0 Å². The number of nitrogens with one attached hydrogen (secondary N) is 2. The Kier molecular flexibility index (Phi) is 6.52. The molecule has 27 heavy (non-hydrogen) atoms. The number of alkyl halides is 3. The second-order valence-electron chi connectivity index (χ2n) is 5.88. The second-order valence-corrected chi connectivity index (χ2v) is 8.11. The lowest BCUT2D eigenvalue weighted by Crippen LogP contribution is -2.36. The van der Waals surface area contributed by atoms with Crippen LogP contribution >= 0.6 is 0 Å². The van der Waals surface area contributed by atoms with Gasteiger partial charge in [0.2, 0.25) is 5.91 Å². The number of carbonyl (C=O) groups excluding carboxylic acids is 1. The number of carbonyl (C=O) groups is 1. The topological polar surface area (TPSA) is 123 Å². The highest BCUT2D eigenvalue weighted by Crippen LogP contribution is 2.23. The highest BCUT2D eigenvalue weighted by Gasteiger charge is 2.31. The van der Waals surface area contributed by atoms with Crippen LogP contribution in [0.1, 0.15) is 12.8 Å². The first-order valence-corrected chi connectivity index (χ1v) is 9.77. The molecule has 1 saturated heterocycles. The Bertz CT molecular complexity index is 794. The summed E-state index contributed by atoms with van der Waals surface area (Å²) in [6.07, 6.45) is -4.34. The summed E-state index contributed by atoms with van der Waals surface area (Å²) in [6, 6.07) is 4.52. The van der Waals surface area contributed by atoms with E-state index in [-0.39, 0.29) is 48.1 Å². The van der Waals surface area contributed by atoms with Crippen LogP contribution in [0.3, 0.4) is 0 Å². The third-order valence-corrected chi connectivity index (χ3v) is 5.35. The van der Waals surface area contributed by atoms with Crippen LogP contribution in [0, 0.1) is 0 Å². The monoisotopic (exact) mass is 408 g/mol. The Balaban J connectivity index is 1.75. The largest absolute Gasteiger partial charge is 0.573 e. The number of anilines is 1. The lowest BCUT2D eigenvalue weighted by Gasteiger charge is -2.11. The summed E-state index contributed by atoms with van der Waals surface area (Å²) in [7, 11) is -3.07. The van der Waals surface area contributed by atoms with E-state index in [1.807, 2.05) is 0 Å². The van der Waals surface area contributed by atoms with Crippen molar-refractivity contribution in [1.82, 2.24) is 5.32 Å². The maximum atomic E-state index is 12.1. The zero-order valence-electron chi connectivity index (χ0n) is 14.1. The van der Waals surface area contributed by atoms with Gasteiger partial charge in [-0.15, -0.1) is 13.2 Å². The molecule has 0 aliphatic carbocycles. The van der Waals surface area contributed by atoms with Gasteiger partial charge in [0, 0.05) is 18.2 Å². The van der Waals surface area contributed by atoms with E-state index < -0.39 is 16.2 Å². The van der Waals surface area contributed by atoms with Crippen molar-refractivity contribution in [2.75, 3.05) is 23.4 Å². The Labute approximate surface area is 153 Å². The summed E-state index contributed by atoms with van der Waals surface area (Å²) in [4.78, 5) is 15.7. The standard InChI is InChI=1S/C15H19F3N4O4S/c16-15(17,18)26-12-3-1-10(2-4-12)22-14(19)20-7-5-13(23)21-11-6-8-27(24,25)9-11/h1-4,11H,5-9H2,(H,21,23)(H3,19,20,22). The molecule has 0 saturated carbocycles. The van der Waals surface area contributed by atoms with Gasteiger partial charge in [-0.3, -0.25) is 9.79 Å². The maximum absolute atomic E-state index is 12.1. The Morgan fingerprint density at radius 1 is 1.30 bits per heavy atom. The fourth-order valence-electron chi connectivity index (χ4n) is 2.41. The highest BCUT2D eigenvalue weighted by atomic mass is 32.2. The molecule has 0 radical (unpaired) electrons. The lowest BCUT2D eigenvalue weighted by molar-refractivity contribution is -0.274. The number of halogens is 3. The molecule has 1 unspecified atom stereocenters. The number of amides is 1. The molecule has 1 atom stereocenters. The predicted molar refractivity (Wildman–Crippen MR) is 93.1 cm³/mol. The molecule has 0 aromatic heterocycles. The fraction of sp³-hybridized carbons (Fsp3) is 0.467. The fourth-order valence-corrected chi connectivity index (χ4v) is 4.09. The van der Waals surface area contributed by atoms with Crippen molar-refractivity contribution >= 4 is 27.4 Å². The minimum absolute atomic E-state index is 0.0178. The van der Waals surface area contributed by atoms with Crippen molar-refractivity contribution in [3.05, 3.63) is 24.3 Å². The van der Waals surface area contributed by atoms with E-state index in [1.54, 1.807) is 0 Å². The van der Waals surface area contributed by atoms with Gasteiger partial charge in [-0.2, -0.15) is 0 Å². The van der Waals surface area contributed by atoms with Gasteiger partial charge in [0.15, 0.2) is 15.8 Å². The van der Waals surface area contributed by atoms with E-state index in [4.69, 9.17) is 5.73 Å². The molecule has 2 rings (SSSR count). The van der Waals surface area contributed by atoms with E-state index in [0.717, 1.165) is 12.1 Å². The Hall–Kier alpha value is -2.50. The maximum Gasteiger partial charge on any atom is 0.573 e. The van der Waals surface area contributed by atoms with Gasteiger partial charge in [-0.25, -0.2) is 8.42 Å². The van der Waals surface area contributed by atoms with E-state index in [0.29, 0.717) is 12.1 Å². The van der Waals surface area contributed by atoms with Crippen LogP contribution in [0.15, 0.2) is 29.3 Å². The molecule has 1 aliphatic heterocycles. The number of nitrogens with zero attached hydrogens (tertiary/aromatic N) is 1. The number of benzene rings is 1. The molecule has 1 aliphatic rings. The van der Waals surface area contributed by atoms with Crippen molar-refractivity contribution in [3.63, 3.8) is 0 Å². The van der Waals surface area contributed by atoms with E-state index in [1.165, 1.54) is 12.1 Å². The van der Waals surface area contributed by atoms with Gasteiger partial charge in [0.1, 0.15) is 5.75 Å². The highest BCUT2D eigenvalue weighted by molar-refractivity contribution is 7.91. The molecule has 0 spiro atoms. The zero-order valence-corrected chi connectivity index (χ0v) is 14.9. The third kappa shape index (κ3) is 7.72. The smallest absolute Gasteiger partial charge is 0.406 e. The number of ether oxygens (including phenoxy) is 1. The van der Waals surface area contributed by atoms with Crippen LogP contribution in [0.2, 0.25) is 0 Å². The van der Waals surface area contributed by atoms with E-state index in [2.05, 4.69) is 20.4 Å². The molecule has 12 heteroatoms.